The minimum absolute atomic E-state index is 0.0167. The molecular weight excluding hydrogens is 236 g/mol. The standard InChI is InChI=1S/C11H18N4O3/c1-3-18-8(2)7-13-9-4-10(14-12)6-11(5-9)15(16)17/h4-6,8,13-14H,3,7,12H2,1-2H3. The second-order valence-electron chi connectivity index (χ2n) is 3.82. The van der Waals surface area contributed by atoms with Gasteiger partial charge in [0.15, 0.2) is 0 Å². The van der Waals surface area contributed by atoms with Crippen LogP contribution in [0.3, 0.4) is 0 Å². The summed E-state index contributed by atoms with van der Waals surface area (Å²) < 4.78 is 5.36. The Labute approximate surface area is 105 Å². The normalized spacial score (nSPS) is 11.9. The van der Waals surface area contributed by atoms with Gasteiger partial charge in [0.05, 0.1) is 16.7 Å². The van der Waals surface area contributed by atoms with E-state index in [1.165, 1.54) is 12.1 Å². The Morgan fingerprint density at radius 3 is 2.67 bits per heavy atom. The SMILES string of the molecule is CCOC(C)CNc1cc(NN)cc([N+](=O)[O-])c1. The van der Waals surface area contributed by atoms with E-state index in [2.05, 4.69) is 10.7 Å². The van der Waals surface area contributed by atoms with Gasteiger partial charge in [-0.25, -0.2) is 0 Å². The third-order valence-electron chi connectivity index (χ3n) is 2.34. The minimum Gasteiger partial charge on any atom is -0.382 e. The molecule has 1 atom stereocenters. The number of hydrogen-bond acceptors (Lipinski definition) is 6. The maximum absolute atomic E-state index is 10.7. The first-order chi connectivity index (χ1) is 8.56. The highest BCUT2D eigenvalue weighted by atomic mass is 16.6. The van der Waals surface area contributed by atoms with Gasteiger partial charge in [-0.15, -0.1) is 0 Å². The average Bonchev–Trinajstić information content (AvgIpc) is 2.36. The van der Waals surface area contributed by atoms with Crippen molar-refractivity contribution in [3.05, 3.63) is 28.3 Å². The van der Waals surface area contributed by atoms with Crippen LogP contribution >= 0.6 is 0 Å². The van der Waals surface area contributed by atoms with Crippen molar-refractivity contribution < 1.29 is 9.66 Å². The van der Waals surface area contributed by atoms with Gasteiger partial charge in [0, 0.05) is 31.0 Å². The maximum Gasteiger partial charge on any atom is 0.273 e. The fourth-order valence-corrected chi connectivity index (χ4v) is 1.51. The van der Waals surface area contributed by atoms with Gasteiger partial charge < -0.3 is 15.5 Å². The van der Waals surface area contributed by atoms with Crippen LogP contribution in [0.2, 0.25) is 0 Å². The molecule has 0 saturated carbocycles. The number of hydrogen-bond donors (Lipinski definition) is 3. The van der Waals surface area contributed by atoms with Crippen molar-refractivity contribution in [3.63, 3.8) is 0 Å². The lowest BCUT2D eigenvalue weighted by molar-refractivity contribution is -0.384. The molecule has 0 aliphatic heterocycles. The maximum atomic E-state index is 10.7. The molecule has 0 bridgehead atoms. The smallest absolute Gasteiger partial charge is 0.273 e. The summed E-state index contributed by atoms with van der Waals surface area (Å²) >= 11 is 0. The third-order valence-corrected chi connectivity index (χ3v) is 2.34. The molecular formula is C11H18N4O3. The molecule has 0 spiro atoms. The predicted octanol–water partition coefficient (Wildman–Crippen LogP) is 1.72. The first-order valence-corrected chi connectivity index (χ1v) is 5.68. The zero-order valence-corrected chi connectivity index (χ0v) is 10.5. The predicted molar refractivity (Wildman–Crippen MR) is 70.5 cm³/mol. The van der Waals surface area contributed by atoms with Gasteiger partial charge in [-0.2, -0.15) is 0 Å². The summed E-state index contributed by atoms with van der Waals surface area (Å²) in [5.74, 6) is 5.27. The summed E-state index contributed by atoms with van der Waals surface area (Å²) in [7, 11) is 0. The Bertz CT molecular complexity index is 411. The van der Waals surface area contributed by atoms with Crippen LogP contribution in [0.25, 0.3) is 0 Å². The number of ether oxygens (including phenoxy) is 1. The third kappa shape index (κ3) is 4.19. The monoisotopic (exact) mass is 254 g/mol. The van der Waals surface area contributed by atoms with Crippen LogP contribution in [0.1, 0.15) is 13.8 Å². The number of nitro benzene ring substituents is 1. The van der Waals surface area contributed by atoms with Crippen molar-refractivity contribution in [1.29, 1.82) is 0 Å². The van der Waals surface area contributed by atoms with Crippen LogP contribution in [0.4, 0.5) is 17.1 Å². The number of benzene rings is 1. The second-order valence-corrected chi connectivity index (χ2v) is 3.82. The zero-order valence-electron chi connectivity index (χ0n) is 10.5. The number of hydrazine groups is 1. The first-order valence-electron chi connectivity index (χ1n) is 5.68. The first kappa shape index (κ1) is 14.2. The summed E-state index contributed by atoms with van der Waals surface area (Å²) in [4.78, 5) is 10.3. The van der Waals surface area contributed by atoms with E-state index in [1.54, 1.807) is 6.07 Å². The quantitative estimate of drug-likeness (QED) is 0.389. The topological polar surface area (TPSA) is 102 Å². The van der Waals surface area contributed by atoms with Crippen LogP contribution in [0, 0.1) is 10.1 Å². The summed E-state index contributed by atoms with van der Waals surface area (Å²) in [5, 5.41) is 13.8. The summed E-state index contributed by atoms with van der Waals surface area (Å²) in [6.07, 6.45) is 0.0311. The largest absolute Gasteiger partial charge is 0.382 e. The van der Waals surface area contributed by atoms with E-state index in [0.29, 0.717) is 24.5 Å². The molecule has 0 radical (unpaired) electrons. The van der Waals surface area contributed by atoms with Gasteiger partial charge in [0.2, 0.25) is 0 Å². The van der Waals surface area contributed by atoms with Gasteiger partial charge in [-0.05, 0) is 19.9 Å². The van der Waals surface area contributed by atoms with Gasteiger partial charge in [-0.1, -0.05) is 0 Å². The number of rotatable bonds is 7. The Morgan fingerprint density at radius 2 is 2.11 bits per heavy atom. The lowest BCUT2D eigenvalue weighted by atomic mass is 10.2. The van der Waals surface area contributed by atoms with Crippen molar-refractivity contribution in [2.24, 2.45) is 5.84 Å². The summed E-state index contributed by atoms with van der Waals surface area (Å²) in [6, 6.07) is 4.53. The number of nitrogen functional groups attached to an aromatic ring is 1. The zero-order chi connectivity index (χ0) is 13.5. The van der Waals surface area contributed by atoms with Crippen molar-refractivity contribution >= 4 is 17.1 Å². The highest BCUT2D eigenvalue weighted by Crippen LogP contribution is 2.23. The molecule has 0 saturated heterocycles. The molecule has 0 aliphatic carbocycles. The van der Waals surface area contributed by atoms with Gasteiger partial charge in [-0.3, -0.25) is 16.0 Å². The Balaban J connectivity index is 2.75. The lowest BCUT2D eigenvalue weighted by Crippen LogP contribution is -2.20. The molecule has 7 heteroatoms. The van der Waals surface area contributed by atoms with Crippen molar-refractivity contribution in [2.45, 2.75) is 20.0 Å². The van der Waals surface area contributed by atoms with E-state index in [4.69, 9.17) is 10.6 Å². The number of nitro groups is 1. The molecule has 18 heavy (non-hydrogen) atoms. The van der Waals surface area contributed by atoms with Crippen LogP contribution < -0.4 is 16.6 Å². The highest BCUT2D eigenvalue weighted by molar-refractivity contribution is 5.63. The number of non-ortho nitro benzene ring substituents is 1. The number of nitrogens with zero attached hydrogens (tertiary/aromatic N) is 1. The molecule has 1 unspecified atom stereocenters. The van der Waals surface area contributed by atoms with E-state index < -0.39 is 4.92 Å². The van der Waals surface area contributed by atoms with Crippen LogP contribution in [0.15, 0.2) is 18.2 Å². The Morgan fingerprint density at radius 1 is 1.44 bits per heavy atom. The number of nitrogens with one attached hydrogen (secondary N) is 2. The number of nitrogens with two attached hydrogens (primary N) is 1. The number of anilines is 2. The Hall–Kier alpha value is -1.86. The molecule has 1 aromatic rings. The molecule has 100 valence electrons. The van der Waals surface area contributed by atoms with E-state index in [9.17, 15) is 10.1 Å². The summed E-state index contributed by atoms with van der Waals surface area (Å²) in [5.41, 5.74) is 3.49. The van der Waals surface area contributed by atoms with Gasteiger partial charge in [0.25, 0.3) is 5.69 Å². The second kappa shape index (κ2) is 6.77. The molecule has 0 aromatic heterocycles. The minimum atomic E-state index is -0.460. The summed E-state index contributed by atoms with van der Waals surface area (Å²) in [6.45, 7) is 5.04. The molecule has 0 fully saturated rings. The Kier molecular flexibility index (Phi) is 5.34. The molecule has 7 nitrogen and oxygen atoms in total. The molecule has 0 aliphatic rings. The van der Waals surface area contributed by atoms with Gasteiger partial charge >= 0.3 is 0 Å². The van der Waals surface area contributed by atoms with E-state index in [1.807, 2.05) is 13.8 Å². The molecule has 0 heterocycles. The molecule has 1 aromatic carbocycles. The van der Waals surface area contributed by atoms with Crippen molar-refractivity contribution in [2.75, 3.05) is 23.9 Å². The molecule has 4 N–H and O–H groups in total. The van der Waals surface area contributed by atoms with Crippen molar-refractivity contribution in [3.8, 4) is 0 Å². The van der Waals surface area contributed by atoms with E-state index >= 15 is 0 Å². The van der Waals surface area contributed by atoms with E-state index in [-0.39, 0.29) is 11.8 Å². The fraction of sp³-hybridized carbons (Fsp3) is 0.455. The average molecular weight is 254 g/mol. The van der Waals surface area contributed by atoms with Crippen LogP contribution in [-0.4, -0.2) is 24.2 Å². The highest BCUT2D eigenvalue weighted by Gasteiger charge is 2.10. The van der Waals surface area contributed by atoms with Crippen molar-refractivity contribution in [1.82, 2.24) is 0 Å². The fourth-order valence-electron chi connectivity index (χ4n) is 1.51. The molecule has 1 rings (SSSR count). The van der Waals surface area contributed by atoms with E-state index in [0.717, 1.165) is 0 Å². The molecule has 0 amide bonds. The lowest BCUT2D eigenvalue weighted by Gasteiger charge is -2.14. The van der Waals surface area contributed by atoms with Gasteiger partial charge in [0.1, 0.15) is 0 Å². The van der Waals surface area contributed by atoms with Crippen LogP contribution in [0.5, 0.6) is 0 Å². The van der Waals surface area contributed by atoms with Crippen LogP contribution in [-0.2, 0) is 4.74 Å².